The van der Waals surface area contributed by atoms with E-state index in [1.165, 1.54) is 5.01 Å². The van der Waals surface area contributed by atoms with Gasteiger partial charge in [-0.15, -0.1) is 0 Å². The van der Waals surface area contributed by atoms with E-state index in [0.29, 0.717) is 17.7 Å². The minimum atomic E-state index is -0.444. The zero-order valence-electron chi connectivity index (χ0n) is 17.0. The number of hydrazone groups is 1. The van der Waals surface area contributed by atoms with Gasteiger partial charge >= 0.3 is 6.03 Å². The smallest absolute Gasteiger partial charge is 0.342 e. The molecule has 8 nitrogen and oxygen atoms in total. The van der Waals surface area contributed by atoms with Crippen LogP contribution >= 0.6 is 0 Å². The van der Waals surface area contributed by atoms with Crippen LogP contribution in [0.2, 0.25) is 0 Å². The van der Waals surface area contributed by atoms with Gasteiger partial charge in [0, 0.05) is 48.0 Å². The number of para-hydroxylation sites is 1. The lowest BCUT2D eigenvalue weighted by molar-refractivity contribution is 0.199. The number of aromatic hydroxyl groups is 1. The Balaban J connectivity index is 1.45. The van der Waals surface area contributed by atoms with Crippen molar-refractivity contribution in [2.24, 2.45) is 5.10 Å². The van der Waals surface area contributed by atoms with Crippen molar-refractivity contribution in [3.8, 4) is 11.4 Å². The van der Waals surface area contributed by atoms with Crippen LogP contribution in [0.1, 0.15) is 23.6 Å². The Hall–Kier alpha value is -4.46. The molecule has 0 bridgehead atoms. The van der Waals surface area contributed by atoms with Crippen molar-refractivity contribution in [1.29, 1.82) is 0 Å². The van der Waals surface area contributed by atoms with Crippen LogP contribution in [0.5, 0.6) is 5.75 Å². The highest BCUT2D eigenvalue weighted by atomic mass is 16.3. The molecule has 0 radical (unpaired) electrons. The van der Waals surface area contributed by atoms with Gasteiger partial charge in [-0.05, 0) is 36.4 Å². The Morgan fingerprint density at radius 1 is 1.03 bits per heavy atom. The third-order valence-electron chi connectivity index (χ3n) is 5.28. The van der Waals surface area contributed by atoms with E-state index < -0.39 is 12.1 Å². The van der Waals surface area contributed by atoms with Crippen molar-refractivity contribution in [1.82, 2.24) is 19.8 Å². The molecule has 1 aliphatic heterocycles. The molecule has 2 aromatic heterocycles. The van der Waals surface area contributed by atoms with E-state index in [4.69, 9.17) is 0 Å². The van der Waals surface area contributed by atoms with Crippen LogP contribution in [0.3, 0.4) is 0 Å². The van der Waals surface area contributed by atoms with Crippen molar-refractivity contribution < 1.29 is 9.90 Å². The maximum Gasteiger partial charge on any atom is 0.342 e. The van der Waals surface area contributed by atoms with Gasteiger partial charge < -0.3 is 10.4 Å². The quantitative estimate of drug-likeness (QED) is 0.509. The van der Waals surface area contributed by atoms with Gasteiger partial charge in [-0.2, -0.15) is 10.2 Å². The number of phenolic OH excluding ortho intramolecular Hbond substituents is 1. The summed E-state index contributed by atoms with van der Waals surface area (Å²) in [6.45, 7) is 0. The van der Waals surface area contributed by atoms with Gasteiger partial charge in [0.2, 0.25) is 0 Å². The average Bonchev–Trinajstić information content (AvgIpc) is 3.51. The molecule has 0 saturated carbocycles. The fourth-order valence-electron chi connectivity index (χ4n) is 3.75. The zero-order chi connectivity index (χ0) is 21.9. The molecule has 4 aromatic rings. The van der Waals surface area contributed by atoms with Crippen LogP contribution in [0, 0.1) is 0 Å². The molecule has 5 rings (SSSR count). The van der Waals surface area contributed by atoms with Crippen LogP contribution in [-0.4, -0.2) is 36.6 Å². The first-order valence-corrected chi connectivity index (χ1v) is 10.1. The molecular formula is C24H20N6O2. The number of urea groups is 1. The Morgan fingerprint density at radius 2 is 1.94 bits per heavy atom. The number of aromatic nitrogens is 3. The number of nitrogens with one attached hydrogen (secondary N) is 1. The molecule has 32 heavy (non-hydrogen) atoms. The molecule has 0 saturated heterocycles. The molecule has 1 unspecified atom stereocenters. The Bertz CT molecular complexity index is 1270. The Labute approximate surface area is 184 Å². The fourth-order valence-corrected chi connectivity index (χ4v) is 3.75. The lowest BCUT2D eigenvalue weighted by Crippen LogP contribution is -2.31. The van der Waals surface area contributed by atoms with Crippen molar-refractivity contribution in [2.75, 3.05) is 5.32 Å². The summed E-state index contributed by atoms with van der Waals surface area (Å²) in [6.07, 6.45) is 7.40. The first kappa shape index (κ1) is 19.5. The summed E-state index contributed by atoms with van der Waals surface area (Å²) in [4.78, 5) is 17.4. The van der Waals surface area contributed by atoms with E-state index in [0.717, 1.165) is 17.0 Å². The summed E-state index contributed by atoms with van der Waals surface area (Å²) in [5, 5.41) is 23.6. The van der Waals surface area contributed by atoms with Gasteiger partial charge in [0.15, 0.2) is 0 Å². The van der Waals surface area contributed by atoms with Crippen LogP contribution < -0.4 is 5.32 Å². The molecule has 158 valence electrons. The second-order valence-electron chi connectivity index (χ2n) is 7.34. The maximum atomic E-state index is 13.3. The third-order valence-corrected chi connectivity index (χ3v) is 5.28. The number of carbonyl (C=O) groups is 1. The van der Waals surface area contributed by atoms with Gasteiger partial charge in [-0.25, -0.2) is 14.5 Å². The minimum Gasteiger partial charge on any atom is -0.508 e. The van der Waals surface area contributed by atoms with E-state index >= 15 is 0 Å². The highest BCUT2D eigenvalue weighted by Crippen LogP contribution is 2.37. The van der Waals surface area contributed by atoms with Crippen LogP contribution in [-0.2, 0) is 0 Å². The summed E-state index contributed by atoms with van der Waals surface area (Å²) in [6, 6.07) is 19.1. The van der Waals surface area contributed by atoms with Gasteiger partial charge in [0.1, 0.15) is 5.75 Å². The molecule has 2 N–H and O–H groups in total. The molecular weight excluding hydrogens is 404 g/mol. The van der Waals surface area contributed by atoms with E-state index in [9.17, 15) is 9.90 Å². The molecule has 8 heteroatoms. The van der Waals surface area contributed by atoms with Gasteiger partial charge in [-0.3, -0.25) is 4.98 Å². The molecule has 1 atom stereocenters. The largest absolute Gasteiger partial charge is 0.508 e. The number of benzene rings is 2. The SMILES string of the molecule is O=C(Nc1cccc(-n2cccn2)c1)N1N=C(c2cccnc2)CC1c1ccccc1O. The first-order chi connectivity index (χ1) is 15.7. The lowest BCUT2D eigenvalue weighted by atomic mass is 9.98. The highest BCUT2D eigenvalue weighted by Gasteiger charge is 2.34. The third kappa shape index (κ3) is 3.81. The lowest BCUT2D eigenvalue weighted by Gasteiger charge is -2.23. The second-order valence-corrected chi connectivity index (χ2v) is 7.34. The number of hydrogen-bond acceptors (Lipinski definition) is 5. The number of pyridine rings is 1. The number of nitrogens with zero attached hydrogens (tertiary/aromatic N) is 5. The van der Waals surface area contributed by atoms with E-state index in [2.05, 4.69) is 20.5 Å². The second kappa shape index (κ2) is 8.35. The predicted octanol–water partition coefficient (Wildman–Crippen LogP) is 4.36. The van der Waals surface area contributed by atoms with Crippen LogP contribution in [0.25, 0.3) is 5.69 Å². The van der Waals surface area contributed by atoms with E-state index in [1.807, 2.05) is 54.7 Å². The molecule has 1 aliphatic rings. The average molecular weight is 424 g/mol. The first-order valence-electron chi connectivity index (χ1n) is 10.1. The Morgan fingerprint density at radius 3 is 2.72 bits per heavy atom. The van der Waals surface area contributed by atoms with E-state index in [1.54, 1.807) is 41.5 Å². The number of anilines is 1. The minimum absolute atomic E-state index is 0.124. The summed E-state index contributed by atoms with van der Waals surface area (Å²) in [5.41, 5.74) is 3.64. The van der Waals surface area contributed by atoms with Crippen LogP contribution in [0.4, 0.5) is 10.5 Å². The summed E-state index contributed by atoms with van der Waals surface area (Å²) in [7, 11) is 0. The van der Waals surface area contributed by atoms with Gasteiger partial charge in [0.25, 0.3) is 0 Å². The van der Waals surface area contributed by atoms with E-state index in [-0.39, 0.29) is 5.75 Å². The molecule has 2 amide bonds. The highest BCUT2D eigenvalue weighted by molar-refractivity contribution is 6.04. The number of amides is 2. The maximum absolute atomic E-state index is 13.3. The summed E-state index contributed by atoms with van der Waals surface area (Å²) in [5.74, 6) is 0.124. The van der Waals surface area contributed by atoms with Crippen LogP contribution in [0.15, 0.2) is 96.6 Å². The normalized spacial score (nSPS) is 15.4. The monoisotopic (exact) mass is 424 g/mol. The molecule has 0 fully saturated rings. The summed E-state index contributed by atoms with van der Waals surface area (Å²) < 4.78 is 1.72. The number of rotatable bonds is 4. The van der Waals surface area contributed by atoms with Crippen molar-refractivity contribution >= 4 is 17.4 Å². The fraction of sp³-hybridized carbons (Fsp3) is 0.0833. The molecule has 0 aliphatic carbocycles. The molecule has 3 heterocycles. The van der Waals surface area contributed by atoms with Crippen molar-refractivity contribution in [3.63, 3.8) is 0 Å². The van der Waals surface area contributed by atoms with Gasteiger partial charge in [0.05, 0.1) is 17.4 Å². The standard InChI is InChI=1S/C24H20N6O2/c31-23-10-2-1-9-20(23)22-15-21(17-6-4-11-25-16-17)28-30(22)24(32)27-18-7-3-8-19(14-18)29-13-5-12-26-29/h1-14,16,22,31H,15H2,(H,27,32). The van der Waals surface area contributed by atoms with Gasteiger partial charge in [-0.1, -0.05) is 30.3 Å². The Kier molecular flexibility index (Phi) is 5.09. The number of carbonyl (C=O) groups excluding carboxylic acids is 1. The molecule has 2 aromatic carbocycles. The molecule has 0 spiro atoms. The summed E-state index contributed by atoms with van der Waals surface area (Å²) >= 11 is 0. The number of hydrogen-bond donors (Lipinski definition) is 2. The van der Waals surface area contributed by atoms with Crippen molar-refractivity contribution in [2.45, 2.75) is 12.5 Å². The topological polar surface area (TPSA) is 95.6 Å². The predicted molar refractivity (Wildman–Crippen MR) is 121 cm³/mol. The number of phenols is 1. The van der Waals surface area contributed by atoms with Crippen molar-refractivity contribution in [3.05, 3.63) is 103 Å². The zero-order valence-corrected chi connectivity index (χ0v) is 17.0.